The van der Waals surface area contributed by atoms with Gasteiger partial charge in [0.1, 0.15) is 0 Å². The average Bonchev–Trinajstić information content (AvgIpc) is 2.13. The second kappa shape index (κ2) is 11.4. The van der Waals surface area contributed by atoms with Crippen molar-refractivity contribution in [3.63, 3.8) is 0 Å². The van der Waals surface area contributed by atoms with Gasteiger partial charge in [-0.1, -0.05) is 108 Å². The molecule has 0 spiro atoms. The molecule has 0 heterocycles. The van der Waals surface area contributed by atoms with Crippen molar-refractivity contribution in [1.29, 1.82) is 0 Å². The van der Waals surface area contributed by atoms with E-state index in [2.05, 4.69) is 101 Å². The molecule has 5 heteroatoms. The molecule has 0 atom stereocenters. The maximum atomic E-state index is 2.77. The fourth-order valence-corrected chi connectivity index (χ4v) is 17.0. The van der Waals surface area contributed by atoms with Crippen molar-refractivity contribution in [3.05, 3.63) is 0 Å². The second-order valence-corrected chi connectivity index (χ2v) is 21.1. The first-order valence-electron chi connectivity index (χ1n) is 7.42. The quantitative estimate of drug-likeness (QED) is 0.120. The van der Waals surface area contributed by atoms with Crippen molar-refractivity contribution in [2.75, 3.05) is 6.16 Å². The zero-order valence-corrected chi connectivity index (χ0v) is 21.4. The third kappa shape index (κ3) is 8.62. The molecule has 0 aromatic heterocycles. The third-order valence-corrected chi connectivity index (χ3v) is 14.5. The van der Waals surface area contributed by atoms with Crippen LogP contribution >= 0.6 is 61.0 Å². The summed E-state index contributed by atoms with van der Waals surface area (Å²) >= 11 is 5.55. The number of rotatable bonds is 8. The van der Waals surface area contributed by atoms with Crippen LogP contribution in [0.25, 0.3) is 0 Å². The SMILES string of the molecule is CC(C)P(CCC(I)(I)P(C(C)C)C(C)C)C(C)C.[Fe+2]. The summed E-state index contributed by atoms with van der Waals surface area (Å²) in [6, 6.07) is 0. The Balaban J connectivity index is 0. The molecule has 0 unspecified atom stereocenters. The summed E-state index contributed by atoms with van der Waals surface area (Å²) < 4.78 is 0.484. The molecule has 20 heavy (non-hydrogen) atoms. The fourth-order valence-electron chi connectivity index (χ4n) is 2.86. The minimum atomic E-state index is 0. The molecule has 0 amide bonds. The van der Waals surface area contributed by atoms with E-state index in [9.17, 15) is 0 Å². The van der Waals surface area contributed by atoms with Crippen LogP contribution in [0.15, 0.2) is 0 Å². The van der Waals surface area contributed by atoms with Gasteiger partial charge in [-0.3, -0.25) is 0 Å². The van der Waals surface area contributed by atoms with Crippen molar-refractivity contribution >= 4 is 61.0 Å². The first kappa shape index (κ1) is 25.1. The third-order valence-electron chi connectivity index (χ3n) is 3.49. The fraction of sp³-hybridized carbons (Fsp3) is 1.00. The summed E-state index contributed by atoms with van der Waals surface area (Å²) in [5, 5.41) is 0. The molecule has 0 fully saturated rings. The van der Waals surface area contributed by atoms with Gasteiger partial charge in [0.2, 0.25) is 0 Å². The van der Waals surface area contributed by atoms with E-state index in [1.54, 1.807) is 0 Å². The van der Waals surface area contributed by atoms with Crippen LogP contribution in [0.2, 0.25) is 0 Å². The van der Waals surface area contributed by atoms with Crippen molar-refractivity contribution < 1.29 is 17.1 Å². The van der Waals surface area contributed by atoms with Gasteiger partial charge in [0.15, 0.2) is 0 Å². The molecule has 122 valence electrons. The standard InChI is InChI=1S/C15H32I2P2.Fe/c1-11(2)18(12(3)4)10-9-15(16,17)19(13(5)6)14(7)8;/h11-14H,9-10H2,1-8H3;/q;+2. The Morgan fingerprint density at radius 2 is 1.10 bits per heavy atom. The second-order valence-electron chi connectivity index (χ2n) is 6.44. The van der Waals surface area contributed by atoms with E-state index in [0.717, 1.165) is 22.6 Å². The maximum Gasteiger partial charge on any atom is 2.00 e. The zero-order valence-electron chi connectivity index (χ0n) is 14.2. The molecule has 0 aliphatic heterocycles. The Bertz CT molecular complexity index is 240. The molecule has 0 N–H and O–H groups in total. The predicted molar refractivity (Wildman–Crippen MR) is 115 cm³/mol. The van der Waals surface area contributed by atoms with Crippen LogP contribution in [0.4, 0.5) is 0 Å². The predicted octanol–water partition coefficient (Wildman–Crippen LogP) is 7.50. The summed E-state index contributed by atoms with van der Waals surface area (Å²) in [5.74, 6) is 0. The van der Waals surface area contributed by atoms with Crippen LogP contribution in [-0.4, -0.2) is 30.0 Å². The molecule has 0 aromatic rings. The van der Waals surface area contributed by atoms with Gasteiger partial charge in [0.25, 0.3) is 0 Å². The van der Waals surface area contributed by atoms with Gasteiger partial charge in [-0.2, -0.15) is 0 Å². The van der Waals surface area contributed by atoms with Gasteiger partial charge in [-0.25, -0.2) is 0 Å². The van der Waals surface area contributed by atoms with Gasteiger partial charge in [-0.15, -0.1) is 7.92 Å². The molecule has 0 saturated carbocycles. The molecule has 0 rings (SSSR count). The topological polar surface area (TPSA) is 0 Å². The minimum Gasteiger partial charge on any atom is -0.101 e. The number of hydrogen-bond acceptors (Lipinski definition) is 0. The van der Waals surface area contributed by atoms with Gasteiger partial charge in [-0.05, 0) is 35.2 Å². The Labute approximate surface area is 168 Å². The van der Waals surface area contributed by atoms with Crippen LogP contribution in [-0.2, 0) is 17.1 Å². The Morgan fingerprint density at radius 3 is 1.35 bits per heavy atom. The number of halogens is 2. The van der Waals surface area contributed by atoms with Crippen LogP contribution in [0.3, 0.4) is 0 Å². The number of alkyl halides is 2. The Morgan fingerprint density at radius 1 is 0.750 bits per heavy atom. The molecule has 0 radical (unpaired) electrons. The molecule has 0 aliphatic rings. The summed E-state index contributed by atoms with van der Waals surface area (Å²) in [6.07, 6.45) is 2.85. The van der Waals surface area contributed by atoms with Crippen molar-refractivity contribution in [3.8, 4) is 0 Å². The van der Waals surface area contributed by atoms with Crippen molar-refractivity contribution in [1.82, 2.24) is 0 Å². The molecular weight excluding hydrogens is 552 g/mol. The molecule has 0 bridgehead atoms. The number of hydrogen-bond donors (Lipinski definition) is 0. The summed E-state index contributed by atoms with van der Waals surface area (Å²) in [7, 11) is 0.287. The van der Waals surface area contributed by atoms with Crippen molar-refractivity contribution in [2.45, 2.75) is 85.6 Å². The van der Waals surface area contributed by atoms with Gasteiger partial charge in [0, 0.05) is 0 Å². The van der Waals surface area contributed by atoms with Crippen LogP contribution < -0.4 is 0 Å². The molecule has 0 aliphatic carbocycles. The van der Waals surface area contributed by atoms with E-state index in [1.807, 2.05) is 0 Å². The normalized spacial score (nSPS) is 13.2. The van der Waals surface area contributed by atoms with Crippen LogP contribution in [0.5, 0.6) is 0 Å². The smallest absolute Gasteiger partial charge is 0.101 e. The van der Waals surface area contributed by atoms with E-state index in [4.69, 9.17) is 0 Å². The summed E-state index contributed by atoms with van der Waals surface area (Å²) in [4.78, 5) is 0. The van der Waals surface area contributed by atoms with Crippen LogP contribution in [0, 0.1) is 0 Å². The monoisotopic (exact) mass is 584 g/mol. The van der Waals surface area contributed by atoms with E-state index in [-0.39, 0.29) is 32.9 Å². The van der Waals surface area contributed by atoms with Crippen molar-refractivity contribution in [2.24, 2.45) is 0 Å². The van der Waals surface area contributed by atoms with Gasteiger partial charge >= 0.3 is 17.1 Å². The first-order valence-corrected chi connectivity index (χ1v) is 12.7. The van der Waals surface area contributed by atoms with E-state index < -0.39 is 0 Å². The van der Waals surface area contributed by atoms with Crippen LogP contribution in [0.1, 0.15) is 61.8 Å². The molecular formula is C15H32FeI2P2+2. The Hall–Kier alpha value is 2.84. The van der Waals surface area contributed by atoms with Gasteiger partial charge < -0.3 is 0 Å². The van der Waals surface area contributed by atoms with Gasteiger partial charge in [0.05, 0.1) is 1.17 Å². The average molecular weight is 584 g/mol. The summed E-state index contributed by atoms with van der Waals surface area (Å²) in [6.45, 7) is 19.4. The maximum absolute atomic E-state index is 2.77. The zero-order chi connectivity index (χ0) is 15.4. The van der Waals surface area contributed by atoms with E-state index >= 15 is 0 Å². The summed E-state index contributed by atoms with van der Waals surface area (Å²) in [5.41, 5.74) is 3.44. The molecule has 0 saturated heterocycles. The Kier molecular flexibility index (Phi) is 14.3. The van der Waals surface area contributed by atoms with E-state index in [1.165, 1.54) is 12.6 Å². The van der Waals surface area contributed by atoms with E-state index in [0.29, 0.717) is 1.17 Å². The minimum absolute atomic E-state index is 0. The molecule has 0 aromatic carbocycles. The molecule has 0 nitrogen and oxygen atoms in total. The first-order chi connectivity index (χ1) is 8.50. The largest absolute Gasteiger partial charge is 2.00 e.